The highest BCUT2D eigenvalue weighted by atomic mass is 16.5. The zero-order valence-corrected chi connectivity index (χ0v) is 12.1. The highest BCUT2D eigenvalue weighted by Gasteiger charge is 2.45. The molecule has 1 fully saturated rings. The van der Waals surface area contributed by atoms with E-state index < -0.39 is 5.54 Å². The standard InChI is InChI=1S/C14H26N2O3/c1-3-16-14(11-15,13-5-6-13)12-19-8-4-7-18-10-9-17-2/h13,16H,3-10,12H2,1-2H3. The van der Waals surface area contributed by atoms with E-state index in [0.29, 0.717) is 39.0 Å². The van der Waals surface area contributed by atoms with Gasteiger partial charge < -0.3 is 14.2 Å². The average molecular weight is 270 g/mol. The largest absolute Gasteiger partial charge is 0.382 e. The lowest BCUT2D eigenvalue weighted by Crippen LogP contribution is -2.50. The van der Waals surface area contributed by atoms with Gasteiger partial charge in [-0.25, -0.2) is 0 Å². The van der Waals surface area contributed by atoms with Gasteiger partial charge >= 0.3 is 0 Å². The van der Waals surface area contributed by atoms with Gasteiger partial charge in [0.05, 0.1) is 25.9 Å². The molecule has 0 amide bonds. The summed E-state index contributed by atoms with van der Waals surface area (Å²) in [5.74, 6) is 0.454. The van der Waals surface area contributed by atoms with E-state index >= 15 is 0 Å². The number of methoxy groups -OCH3 is 1. The van der Waals surface area contributed by atoms with Crippen LogP contribution < -0.4 is 5.32 Å². The number of ether oxygens (including phenoxy) is 3. The summed E-state index contributed by atoms with van der Waals surface area (Å²) in [6.45, 7) is 5.85. The van der Waals surface area contributed by atoms with Crippen molar-refractivity contribution in [3.63, 3.8) is 0 Å². The van der Waals surface area contributed by atoms with E-state index in [1.165, 1.54) is 0 Å². The summed E-state index contributed by atoms with van der Waals surface area (Å²) in [4.78, 5) is 0. The fraction of sp³-hybridized carbons (Fsp3) is 0.929. The summed E-state index contributed by atoms with van der Waals surface area (Å²) in [7, 11) is 1.66. The first-order chi connectivity index (χ1) is 9.29. The molecule has 0 aromatic carbocycles. The Kier molecular flexibility index (Phi) is 7.99. The van der Waals surface area contributed by atoms with E-state index in [1.807, 2.05) is 6.92 Å². The number of hydrogen-bond donors (Lipinski definition) is 1. The van der Waals surface area contributed by atoms with E-state index in [4.69, 9.17) is 14.2 Å². The Morgan fingerprint density at radius 3 is 2.53 bits per heavy atom. The highest BCUT2D eigenvalue weighted by molar-refractivity contribution is 5.15. The van der Waals surface area contributed by atoms with E-state index in [-0.39, 0.29) is 0 Å². The maximum Gasteiger partial charge on any atom is 0.133 e. The van der Waals surface area contributed by atoms with Crippen LogP contribution in [-0.4, -0.2) is 52.2 Å². The number of nitrogens with one attached hydrogen (secondary N) is 1. The first-order valence-electron chi connectivity index (χ1n) is 7.09. The molecule has 1 saturated carbocycles. The molecule has 5 heteroatoms. The summed E-state index contributed by atoms with van der Waals surface area (Å²) < 4.78 is 15.9. The fourth-order valence-corrected chi connectivity index (χ4v) is 2.11. The Labute approximate surface area is 116 Å². The Balaban J connectivity index is 2.10. The molecule has 1 atom stereocenters. The van der Waals surface area contributed by atoms with Crippen molar-refractivity contribution in [2.75, 3.05) is 46.7 Å². The van der Waals surface area contributed by atoms with Crippen LogP contribution in [0.25, 0.3) is 0 Å². The molecule has 1 aliphatic rings. The van der Waals surface area contributed by atoms with Crippen molar-refractivity contribution < 1.29 is 14.2 Å². The molecule has 1 N–H and O–H groups in total. The highest BCUT2D eigenvalue weighted by Crippen LogP contribution is 2.39. The molecule has 0 aliphatic heterocycles. The molecule has 0 saturated heterocycles. The van der Waals surface area contributed by atoms with Crippen LogP contribution in [0, 0.1) is 17.2 Å². The Morgan fingerprint density at radius 1 is 1.21 bits per heavy atom. The molecule has 0 spiro atoms. The molecule has 0 aromatic rings. The van der Waals surface area contributed by atoms with Gasteiger partial charge in [-0.3, -0.25) is 5.32 Å². The van der Waals surface area contributed by atoms with Gasteiger partial charge in [0, 0.05) is 20.3 Å². The van der Waals surface area contributed by atoms with Crippen LogP contribution >= 0.6 is 0 Å². The molecule has 110 valence electrons. The predicted molar refractivity (Wildman–Crippen MR) is 72.9 cm³/mol. The van der Waals surface area contributed by atoms with Gasteiger partial charge in [0.25, 0.3) is 0 Å². The first-order valence-corrected chi connectivity index (χ1v) is 7.09. The maximum atomic E-state index is 9.39. The first kappa shape index (κ1) is 16.4. The molecule has 0 heterocycles. The van der Waals surface area contributed by atoms with Crippen molar-refractivity contribution in [2.45, 2.75) is 31.7 Å². The van der Waals surface area contributed by atoms with Crippen LogP contribution in [0.1, 0.15) is 26.2 Å². The van der Waals surface area contributed by atoms with E-state index in [2.05, 4.69) is 11.4 Å². The smallest absolute Gasteiger partial charge is 0.133 e. The van der Waals surface area contributed by atoms with Gasteiger partial charge in [0.15, 0.2) is 0 Å². The van der Waals surface area contributed by atoms with E-state index in [0.717, 1.165) is 25.8 Å². The summed E-state index contributed by atoms with van der Waals surface area (Å²) >= 11 is 0. The van der Waals surface area contributed by atoms with Crippen molar-refractivity contribution in [1.82, 2.24) is 5.32 Å². The van der Waals surface area contributed by atoms with Crippen LogP contribution in [-0.2, 0) is 14.2 Å². The molecule has 19 heavy (non-hydrogen) atoms. The van der Waals surface area contributed by atoms with Crippen molar-refractivity contribution in [3.8, 4) is 6.07 Å². The molecule has 0 aromatic heterocycles. The number of likely N-dealkylation sites (N-methyl/N-ethyl adjacent to an activating group) is 1. The number of nitriles is 1. The monoisotopic (exact) mass is 270 g/mol. The Bertz CT molecular complexity index is 276. The van der Waals surface area contributed by atoms with Gasteiger partial charge in [-0.1, -0.05) is 6.92 Å². The third-order valence-electron chi connectivity index (χ3n) is 3.30. The number of nitrogens with zero attached hydrogens (tertiary/aromatic N) is 1. The van der Waals surface area contributed by atoms with Gasteiger partial charge in [0.2, 0.25) is 0 Å². The number of rotatable bonds is 12. The van der Waals surface area contributed by atoms with E-state index in [1.54, 1.807) is 7.11 Å². The van der Waals surface area contributed by atoms with Gasteiger partial charge in [-0.15, -0.1) is 0 Å². The van der Waals surface area contributed by atoms with Crippen LogP contribution in [0.3, 0.4) is 0 Å². The maximum absolute atomic E-state index is 9.39. The average Bonchev–Trinajstić information content (AvgIpc) is 3.25. The summed E-state index contributed by atoms with van der Waals surface area (Å²) in [5, 5.41) is 12.7. The zero-order chi connectivity index (χ0) is 14.0. The molecule has 1 aliphatic carbocycles. The second-order valence-corrected chi connectivity index (χ2v) is 4.90. The second-order valence-electron chi connectivity index (χ2n) is 4.90. The Hall–Kier alpha value is -0.670. The molecular formula is C14H26N2O3. The predicted octanol–water partition coefficient (Wildman–Crippen LogP) is 1.34. The van der Waals surface area contributed by atoms with Crippen molar-refractivity contribution in [3.05, 3.63) is 0 Å². The second kappa shape index (κ2) is 9.27. The van der Waals surface area contributed by atoms with Gasteiger partial charge in [-0.05, 0) is 31.7 Å². The van der Waals surface area contributed by atoms with Crippen LogP contribution in [0.4, 0.5) is 0 Å². The SMILES string of the molecule is CCNC(C#N)(COCCCOCCOC)C1CC1. The van der Waals surface area contributed by atoms with Crippen LogP contribution in [0.2, 0.25) is 0 Å². The van der Waals surface area contributed by atoms with Gasteiger partial charge in [0.1, 0.15) is 5.54 Å². The van der Waals surface area contributed by atoms with Crippen LogP contribution in [0.15, 0.2) is 0 Å². The minimum atomic E-state index is -0.480. The number of hydrogen-bond acceptors (Lipinski definition) is 5. The minimum Gasteiger partial charge on any atom is -0.382 e. The summed E-state index contributed by atoms with van der Waals surface area (Å²) in [6.07, 6.45) is 3.11. The summed E-state index contributed by atoms with van der Waals surface area (Å²) in [6, 6.07) is 2.41. The lowest BCUT2D eigenvalue weighted by atomic mass is 9.96. The molecule has 0 radical (unpaired) electrons. The third-order valence-corrected chi connectivity index (χ3v) is 3.30. The summed E-state index contributed by atoms with van der Waals surface area (Å²) in [5.41, 5.74) is -0.480. The molecule has 1 rings (SSSR count). The van der Waals surface area contributed by atoms with Crippen molar-refractivity contribution >= 4 is 0 Å². The normalized spacial score (nSPS) is 17.9. The fourth-order valence-electron chi connectivity index (χ4n) is 2.11. The van der Waals surface area contributed by atoms with Crippen molar-refractivity contribution in [2.24, 2.45) is 5.92 Å². The topological polar surface area (TPSA) is 63.5 Å². The third kappa shape index (κ3) is 5.87. The zero-order valence-electron chi connectivity index (χ0n) is 12.1. The lowest BCUT2D eigenvalue weighted by Gasteiger charge is -2.27. The molecule has 0 bridgehead atoms. The van der Waals surface area contributed by atoms with Crippen LogP contribution in [0.5, 0.6) is 0 Å². The molecular weight excluding hydrogens is 244 g/mol. The van der Waals surface area contributed by atoms with Crippen molar-refractivity contribution in [1.29, 1.82) is 5.26 Å². The minimum absolute atomic E-state index is 0.454. The van der Waals surface area contributed by atoms with Gasteiger partial charge in [-0.2, -0.15) is 5.26 Å². The quantitative estimate of drug-likeness (QED) is 0.542. The molecule has 5 nitrogen and oxygen atoms in total. The Morgan fingerprint density at radius 2 is 1.95 bits per heavy atom. The van der Waals surface area contributed by atoms with E-state index in [9.17, 15) is 5.26 Å². The lowest BCUT2D eigenvalue weighted by molar-refractivity contribution is 0.0394. The molecule has 1 unspecified atom stereocenters.